The van der Waals surface area contributed by atoms with E-state index in [2.05, 4.69) is 15.5 Å². The number of rotatable bonds is 6. The molecule has 2 aromatic rings. The van der Waals surface area contributed by atoms with E-state index in [0.717, 1.165) is 16.9 Å². The van der Waals surface area contributed by atoms with Gasteiger partial charge in [0.05, 0.1) is 32.4 Å². The number of carbonyl (C=O) groups excluding carboxylic acids is 1. The van der Waals surface area contributed by atoms with E-state index < -0.39 is 0 Å². The first-order valence-corrected chi connectivity index (χ1v) is 9.12. The zero-order chi connectivity index (χ0) is 19.9. The summed E-state index contributed by atoms with van der Waals surface area (Å²) in [5, 5.41) is 11.2. The lowest BCUT2D eigenvalue weighted by molar-refractivity contribution is -0.115. The van der Waals surface area contributed by atoms with Crippen LogP contribution in [0.4, 0.5) is 0 Å². The lowest BCUT2D eigenvalue weighted by Crippen LogP contribution is -2.19. The van der Waals surface area contributed by atoms with Crippen LogP contribution in [0, 0.1) is 0 Å². The van der Waals surface area contributed by atoms with Gasteiger partial charge in [-0.3, -0.25) is 10.1 Å². The number of nitrogens with zero attached hydrogens (tertiary/aromatic N) is 2. The van der Waals surface area contributed by atoms with Crippen LogP contribution in [-0.2, 0) is 4.79 Å². The summed E-state index contributed by atoms with van der Waals surface area (Å²) in [6, 6.07) is 12.8. The maximum atomic E-state index is 12.2. The highest BCUT2D eigenvalue weighted by molar-refractivity contribution is 8.18. The molecule has 0 spiro atoms. The fourth-order valence-corrected chi connectivity index (χ4v) is 3.16. The maximum absolute atomic E-state index is 12.2. The fourth-order valence-electron chi connectivity index (χ4n) is 2.39. The zero-order valence-electron chi connectivity index (χ0n) is 15.6. The quantitative estimate of drug-likeness (QED) is 0.459. The second kappa shape index (κ2) is 9.09. The van der Waals surface area contributed by atoms with E-state index in [1.165, 1.54) is 11.8 Å². The van der Waals surface area contributed by atoms with Gasteiger partial charge in [-0.1, -0.05) is 0 Å². The summed E-state index contributed by atoms with van der Waals surface area (Å²) in [6.07, 6.45) is 3.35. The van der Waals surface area contributed by atoms with Crippen molar-refractivity contribution in [2.24, 2.45) is 10.2 Å². The van der Waals surface area contributed by atoms with E-state index in [1.807, 2.05) is 30.3 Å². The molecule has 0 unspecified atom stereocenters. The number of amidine groups is 1. The van der Waals surface area contributed by atoms with Crippen LogP contribution in [0.2, 0.25) is 0 Å². The summed E-state index contributed by atoms with van der Waals surface area (Å²) >= 11 is 1.21. The Balaban J connectivity index is 1.73. The molecular weight excluding hydrogens is 378 g/mol. The van der Waals surface area contributed by atoms with Crippen molar-refractivity contribution in [3.05, 3.63) is 58.5 Å². The highest BCUT2D eigenvalue weighted by atomic mass is 32.2. The largest absolute Gasteiger partial charge is 0.497 e. The molecule has 0 aromatic heterocycles. The molecule has 28 heavy (non-hydrogen) atoms. The molecule has 7 nitrogen and oxygen atoms in total. The monoisotopic (exact) mass is 397 g/mol. The van der Waals surface area contributed by atoms with Gasteiger partial charge in [0.15, 0.2) is 5.17 Å². The summed E-state index contributed by atoms with van der Waals surface area (Å²) < 4.78 is 15.7. The Morgan fingerprint density at radius 3 is 2.36 bits per heavy atom. The second-order valence-corrected chi connectivity index (χ2v) is 6.63. The molecule has 3 rings (SSSR count). The van der Waals surface area contributed by atoms with Crippen molar-refractivity contribution in [3.8, 4) is 17.2 Å². The van der Waals surface area contributed by atoms with Crippen molar-refractivity contribution in [2.45, 2.75) is 0 Å². The Labute approximate surface area is 167 Å². The molecule has 1 N–H and O–H groups in total. The van der Waals surface area contributed by atoms with E-state index >= 15 is 0 Å². The lowest BCUT2D eigenvalue weighted by atomic mass is 10.1. The van der Waals surface area contributed by atoms with Crippen LogP contribution in [0.3, 0.4) is 0 Å². The lowest BCUT2D eigenvalue weighted by Gasteiger charge is -2.07. The van der Waals surface area contributed by atoms with Gasteiger partial charge in [-0.2, -0.15) is 5.10 Å². The number of carbonyl (C=O) groups is 1. The first kappa shape index (κ1) is 19.5. The number of methoxy groups -OCH3 is 3. The molecule has 0 radical (unpaired) electrons. The molecule has 8 heteroatoms. The predicted molar refractivity (Wildman–Crippen MR) is 111 cm³/mol. The van der Waals surface area contributed by atoms with Gasteiger partial charge >= 0.3 is 0 Å². The number of ether oxygens (including phenoxy) is 3. The van der Waals surface area contributed by atoms with Crippen LogP contribution < -0.4 is 19.5 Å². The third-order valence-electron chi connectivity index (χ3n) is 3.85. The van der Waals surface area contributed by atoms with Crippen LogP contribution in [0.15, 0.2) is 57.6 Å². The first-order chi connectivity index (χ1) is 13.6. The van der Waals surface area contributed by atoms with Crippen LogP contribution in [0.25, 0.3) is 6.08 Å². The second-order valence-electron chi connectivity index (χ2n) is 5.60. The van der Waals surface area contributed by atoms with E-state index in [4.69, 9.17) is 14.2 Å². The predicted octanol–water partition coefficient (Wildman–Crippen LogP) is 3.31. The number of hydrogen-bond donors (Lipinski definition) is 1. The van der Waals surface area contributed by atoms with E-state index in [1.54, 1.807) is 45.8 Å². The number of thioether (sulfide) groups is 1. The molecule has 1 amide bonds. The van der Waals surface area contributed by atoms with Gasteiger partial charge in [-0.15, -0.1) is 5.10 Å². The van der Waals surface area contributed by atoms with Gasteiger partial charge in [0.2, 0.25) is 0 Å². The Morgan fingerprint density at radius 1 is 0.964 bits per heavy atom. The van der Waals surface area contributed by atoms with Gasteiger partial charge in [0.25, 0.3) is 5.91 Å². The molecule has 1 saturated heterocycles. The molecule has 0 bridgehead atoms. The Kier molecular flexibility index (Phi) is 6.33. The van der Waals surface area contributed by atoms with Crippen LogP contribution in [-0.4, -0.2) is 38.6 Å². The average molecular weight is 397 g/mol. The molecule has 0 saturated carbocycles. The Bertz CT molecular complexity index is 952. The topological polar surface area (TPSA) is 81.5 Å². The number of hydrogen-bond acceptors (Lipinski definition) is 7. The summed E-state index contributed by atoms with van der Waals surface area (Å²) in [4.78, 5) is 12.7. The minimum absolute atomic E-state index is 0.235. The molecular formula is C20H19N3O4S. The van der Waals surface area contributed by atoms with E-state index in [9.17, 15) is 4.79 Å². The van der Waals surface area contributed by atoms with Crippen molar-refractivity contribution in [3.63, 3.8) is 0 Å². The number of amides is 1. The van der Waals surface area contributed by atoms with Gasteiger partial charge < -0.3 is 14.2 Å². The van der Waals surface area contributed by atoms with Crippen molar-refractivity contribution in [2.75, 3.05) is 21.3 Å². The van der Waals surface area contributed by atoms with Gasteiger partial charge in [0.1, 0.15) is 17.2 Å². The SMILES string of the molecule is COc1ccc(C=NN=C2NC(=O)/C(=C\c3ccc(OC)cc3OC)S2)cc1. The van der Waals surface area contributed by atoms with Gasteiger partial charge in [-0.25, -0.2) is 0 Å². The Morgan fingerprint density at radius 2 is 1.68 bits per heavy atom. The summed E-state index contributed by atoms with van der Waals surface area (Å²) in [5.41, 5.74) is 1.64. The van der Waals surface area contributed by atoms with E-state index in [-0.39, 0.29) is 5.91 Å². The maximum Gasteiger partial charge on any atom is 0.264 e. The van der Waals surface area contributed by atoms with Gasteiger partial charge in [-0.05, 0) is 59.8 Å². The molecule has 1 heterocycles. The molecule has 1 fully saturated rings. The molecule has 0 atom stereocenters. The summed E-state index contributed by atoms with van der Waals surface area (Å²) in [6.45, 7) is 0. The fraction of sp³-hybridized carbons (Fsp3) is 0.150. The molecule has 1 aliphatic rings. The molecule has 1 aliphatic heterocycles. The average Bonchev–Trinajstić information content (AvgIpc) is 3.08. The van der Waals surface area contributed by atoms with Crippen molar-refractivity contribution in [1.82, 2.24) is 5.32 Å². The minimum atomic E-state index is -0.235. The van der Waals surface area contributed by atoms with Gasteiger partial charge in [0, 0.05) is 11.6 Å². The Hall–Kier alpha value is -3.26. The minimum Gasteiger partial charge on any atom is -0.497 e. The summed E-state index contributed by atoms with van der Waals surface area (Å²) in [5.74, 6) is 1.83. The molecule has 0 aliphatic carbocycles. The van der Waals surface area contributed by atoms with Crippen molar-refractivity contribution < 1.29 is 19.0 Å². The summed E-state index contributed by atoms with van der Waals surface area (Å²) in [7, 11) is 4.77. The first-order valence-electron chi connectivity index (χ1n) is 8.31. The zero-order valence-corrected chi connectivity index (χ0v) is 16.4. The number of benzene rings is 2. The van der Waals surface area contributed by atoms with Crippen molar-refractivity contribution >= 4 is 35.1 Å². The standard InChI is InChI=1S/C20H19N3O4S/c1-25-15-7-4-13(5-8-15)12-21-23-20-22-19(24)18(28-20)10-14-6-9-16(26-2)11-17(14)27-3/h4-12H,1-3H3,(H,22,23,24)/b18-10+,21-12?. The number of nitrogens with one attached hydrogen (secondary N) is 1. The third kappa shape index (κ3) is 4.72. The highest BCUT2D eigenvalue weighted by Gasteiger charge is 2.24. The normalized spacial score (nSPS) is 16.6. The molecule has 144 valence electrons. The highest BCUT2D eigenvalue weighted by Crippen LogP contribution is 2.31. The van der Waals surface area contributed by atoms with E-state index in [0.29, 0.717) is 21.6 Å². The van der Waals surface area contributed by atoms with Crippen LogP contribution in [0.5, 0.6) is 17.2 Å². The van der Waals surface area contributed by atoms with Crippen LogP contribution in [0.1, 0.15) is 11.1 Å². The van der Waals surface area contributed by atoms with Crippen LogP contribution >= 0.6 is 11.8 Å². The molecule has 2 aromatic carbocycles. The smallest absolute Gasteiger partial charge is 0.264 e. The van der Waals surface area contributed by atoms with Crippen molar-refractivity contribution in [1.29, 1.82) is 0 Å². The third-order valence-corrected chi connectivity index (χ3v) is 4.75.